The van der Waals surface area contributed by atoms with E-state index in [2.05, 4.69) is 32.0 Å². The maximum Gasteiger partial charge on any atom is 0.227 e. The van der Waals surface area contributed by atoms with Crippen LogP contribution in [0.4, 0.5) is 16.9 Å². The molecule has 2 aromatic rings. The molecule has 0 saturated carbocycles. The van der Waals surface area contributed by atoms with E-state index in [1.54, 1.807) is 11.3 Å². The Morgan fingerprint density at radius 3 is 2.64 bits per heavy atom. The molecule has 2 saturated heterocycles. The Balaban J connectivity index is 1.34. The minimum atomic E-state index is 0.449. The number of nitrogens with zero attached hydrogens (tertiary/aromatic N) is 5. The van der Waals surface area contributed by atoms with E-state index in [1.807, 2.05) is 18.5 Å². The summed E-state index contributed by atoms with van der Waals surface area (Å²) in [6.07, 6.45) is 5.98. The monoisotopic (exact) mass is 360 g/mol. The molecule has 0 atom stereocenters. The topological polar surface area (TPSA) is 66.4 Å². The molecule has 0 aromatic carbocycles. The first-order chi connectivity index (χ1) is 12.3. The van der Waals surface area contributed by atoms with Crippen LogP contribution in [-0.2, 0) is 4.74 Å². The van der Waals surface area contributed by atoms with E-state index < -0.39 is 0 Å². The number of hydrogen-bond donors (Lipinski definition) is 1. The maximum atomic E-state index is 5.40. The van der Waals surface area contributed by atoms with Crippen molar-refractivity contribution in [2.24, 2.45) is 0 Å². The maximum absolute atomic E-state index is 5.40. The van der Waals surface area contributed by atoms with Gasteiger partial charge in [0, 0.05) is 49.5 Å². The van der Waals surface area contributed by atoms with Crippen molar-refractivity contribution >= 4 is 28.2 Å². The quantitative estimate of drug-likeness (QED) is 0.896. The number of hydrogen-bond acceptors (Lipinski definition) is 8. The molecule has 1 N–H and O–H groups in total. The van der Waals surface area contributed by atoms with Crippen LogP contribution < -0.4 is 15.1 Å². The number of ether oxygens (including phenoxy) is 1. The third-order valence-electron chi connectivity index (χ3n) is 4.66. The molecule has 0 spiro atoms. The highest BCUT2D eigenvalue weighted by Crippen LogP contribution is 2.26. The lowest BCUT2D eigenvalue weighted by Crippen LogP contribution is -2.39. The van der Waals surface area contributed by atoms with Gasteiger partial charge in [0.1, 0.15) is 5.82 Å². The third-order valence-corrected chi connectivity index (χ3v) is 5.64. The highest BCUT2D eigenvalue weighted by molar-refractivity contribution is 7.15. The number of thiazole rings is 1. The van der Waals surface area contributed by atoms with Gasteiger partial charge in [-0.25, -0.2) is 9.97 Å². The van der Waals surface area contributed by atoms with Gasteiger partial charge in [-0.3, -0.25) is 0 Å². The van der Waals surface area contributed by atoms with Crippen LogP contribution in [-0.4, -0.2) is 60.4 Å². The van der Waals surface area contributed by atoms with E-state index in [9.17, 15) is 0 Å². The van der Waals surface area contributed by atoms with Gasteiger partial charge in [0.2, 0.25) is 5.95 Å². The Hall–Kier alpha value is -1.93. The first kappa shape index (κ1) is 16.5. The molecule has 2 fully saturated rings. The van der Waals surface area contributed by atoms with Crippen molar-refractivity contribution in [3.8, 4) is 0 Å². The number of anilines is 3. The molecule has 0 unspecified atom stereocenters. The van der Waals surface area contributed by atoms with E-state index in [0.29, 0.717) is 6.04 Å². The molecule has 2 aliphatic rings. The summed E-state index contributed by atoms with van der Waals surface area (Å²) in [5.74, 6) is 1.71. The molecule has 25 heavy (non-hydrogen) atoms. The molecule has 4 rings (SSSR count). The lowest BCUT2D eigenvalue weighted by atomic mass is 10.1. The average molecular weight is 360 g/mol. The molecule has 2 aromatic heterocycles. The van der Waals surface area contributed by atoms with Crippen LogP contribution in [0.15, 0.2) is 18.5 Å². The smallest absolute Gasteiger partial charge is 0.227 e. The van der Waals surface area contributed by atoms with Gasteiger partial charge in [-0.1, -0.05) is 0 Å². The average Bonchev–Trinajstić information content (AvgIpc) is 3.10. The van der Waals surface area contributed by atoms with Gasteiger partial charge in [0.15, 0.2) is 5.13 Å². The van der Waals surface area contributed by atoms with Gasteiger partial charge in [0.25, 0.3) is 0 Å². The molecule has 0 radical (unpaired) electrons. The third kappa shape index (κ3) is 4.01. The van der Waals surface area contributed by atoms with E-state index in [1.165, 1.54) is 4.88 Å². The van der Waals surface area contributed by atoms with Gasteiger partial charge >= 0.3 is 0 Å². The largest absolute Gasteiger partial charge is 0.378 e. The highest BCUT2D eigenvalue weighted by atomic mass is 32.1. The number of nitrogens with one attached hydrogen (secondary N) is 1. The number of rotatable bonds is 4. The van der Waals surface area contributed by atoms with Crippen molar-refractivity contribution in [2.45, 2.75) is 25.8 Å². The fourth-order valence-electron chi connectivity index (χ4n) is 3.26. The molecule has 0 bridgehead atoms. The van der Waals surface area contributed by atoms with Crippen LogP contribution in [0.3, 0.4) is 0 Å². The fraction of sp³-hybridized carbons (Fsp3) is 0.588. The summed E-state index contributed by atoms with van der Waals surface area (Å²) in [7, 11) is 0. The second kappa shape index (κ2) is 7.53. The fourth-order valence-corrected chi connectivity index (χ4v) is 4.07. The zero-order valence-electron chi connectivity index (χ0n) is 14.5. The van der Waals surface area contributed by atoms with Crippen molar-refractivity contribution in [3.05, 3.63) is 23.3 Å². The summed E-state index contributed by atoms with van der Waals surface area (Å²) in [4.78, 5) is 19.4. The molecule has 8 heteroatoms. The molecule has 4 heterocycles. The number of aryl methyl sites for hydroxylation is 1. The van der Waals surface area contributed by atoms with Crippen molar-refractivity contribution < 1.29 is 4.74 Å². The summed E-state index contributed by atoms with van der Waals surface area (Å²) in [6.45, 7) is 7.38. The van der Waals surface area contributed by atoms with Crippen LogP contribution in [0.1, 0.15) is 17.7 Å². The van der Waals surface area contributed by atoms with Gasteiger partial charge in [0.05, 0.1) is 13.2 Å². The summed E-state index contributed by atoms with van der Waals surface area (Å²) in [6, 6.07) is 2.41. The normalized spacial score (nSPS) is 19.2. The number of piperidine rings is 1. The molecular weight excluding hydrogens is 336 g/mol. The van der Waals surface area contributed by atoms with Crippen LogP contribution >= 0.6 is 11.3 Å². The Bertz CT molecular complexity index is 694. The first-order valence-corrected chi connectivity index (χ1v) is 9.69. The standard InChI is InChI=1S/C17H24N6OS/c1-13-12-19-17(25-13)23-6-3-14(4-7-23)20-15-2-5-18-16(21-15)22-8-10-24-11-9-22/h2,5,12,14H,3-4,6-11H2,1H3,(H,18,20,21). The zero-order chi connectivity index (χ0) is 17.1. The van der Waals surface area contributed by atoms with Gasteiger partial charge in [-0.2, -0.15) is 4.98 Å². The van der Waals surface area contributed by atoms with Gasteiger partial charge in [-0.05, 0) is 25.8 Å². The van der Waals surface area contributed by atoms with E-state index in [4.69, 9.17) is 9.72 Å². The van der Waals surface area contributed by atoms with E-state index in [-0.39, 0.29) is 0 Å². The summed E-state index contributed by atoms with van der Waals surface area (Å²) in [5, 5.41) is 4.73. The second-order valence-corrected chi connectivity index (χ2v) is 7.71. The summed E-state index contributed by atoms with van der Waals surface area (Å²) >= 11 is 1.78. The van der Waals surface area contributed by atoms with E-state index >= 15 is 0 Å². The van der Waals surface area contributed by atoms with Crippen LogP contribution in [0.2, 0.25) is 0 Å². The minimum absolute atomic E-state index is 0.449. The predicted octanol–water partition coefficient (Wildman–Crippen LogP) is 2.16. The Kier molecular flexibility index (Phi) is 4.98. The van der Waals surface area contributed by atoms with Gasteiger partial charge < -0.3 is 19.9 Å². The van der Waals surface area contributed by atoms with Crippen molar-refractivity contribution in [2.75, 3.05) is 54.5 Å². The molecule has 0 aliphatic carbocycles. The van der Waals surface area contributed by atoms with E-state index in [0.717, 1.165) is 69.1 Å². The Labute approximate surface area is 152 Å². The second-order valence-electron chi connectivity index (χ2n) is 6.50. The first-order valence-electron chi connectivity index (χ1n) is 8.87. The van der Waals surface area contributed by atoms with Crippen molar-refractivity contribution in [1.29, 1.82) is 0 Å². The zero-order valence-corrected chi connectivity index (χ0v) is 15.3. The Morgan fingerprint density at radius 1 is 1.12 bits per heavy atom. The van der Waals surface area contributed by atoms with Crippen LogP contribution in [0.25, 0.3) is 0 Å². The lowest BCUT2D eigenvalue weighted by Gasteiger charge is -2.32. The predicted molar refractivity (Wildman–Crippen MR) is 101 cm³/mol. The number of morpholine rings is 1. The molecule has 2 aliphatic heterocycles. The Morgan fingerprint density at radius 2 is 1.92 bits per heavy atom. The van der Waals surface area contributed by atoms with Crippen LogP contribution in [0.5, 0.6) is 0 Å². The minimum Gasteiger partial charge on any atom is -0.378 e. The van der Waals surface area contributed by atoms with Gasteiger partial charge in [-0.15, -0.1) is 11.3 Å². The summed E-state index contributed by atoms with van der Waals surface area (Å²) < 4.78 is 5.40. The molecule has 0 amide bonds. The van der Waals surface area contributed by atoms with Crippen molar-refractivity contribution in [1.82, 2.24) is 15.0 Å². The molecule has 7 nitrogen and oxygen atoms in total. The van der Waals surface area contributed by atoms with Crippen molar-refractivity contribution in [3.63, 3.8) is 0 Å². The number of aromatic nitrogens is 3. The van der Waals surface area contributed by atoms with Crippen LogP contribution in [0, 0.1) is 6.92 Å². The summed E-state index contributed by atoms with van der Waals surface area (Å²) in [5.41, 5.74) is 0. The highest BCUT2D eigenvalue weighted by Gasteiger charge is 2.22. The SMILES string of the molecule is Cc1cnc(N2CCC(Nc3ccnc(N4CCOCC4)n3)CC2)s1. The molecule has 134 valence electrons. The molecular formula is C17H24N6OS. The lowest BCUT2D eigenvalue weighted by molar-refractivity contribution is 0.122.